The van der Waals surface area contributed by atoms with Crippen LogP contribution in [-0.2, 0) is 16.4 Å². The quantitative estimate of drug-likeness (QED) is 0.769. The van der Waals surface area contributed by atoms with E-state index >= 15 is 0 Å². The Morgan fingerprint density at radius 3 is 2.90 bits per heavy atom. The number of hydrogen-bond donors (Lipinski definition) is 0. The highest BCUT2D eigenvalue weighted by Gasteiger charge is 2.30. The SMILES string of the molecule is CN(CCn1nc2ccccn2c1=O)[C@@H]1CCS(=O)(=O)C1. The summed E-state index contributed by atoms with van der Waals surface area (Å²) in [6, 6.07) is 5.45. The van der Waals surface area contributed by atoms with Crippen LogP contribution in [0.15, 0.2) is 29.2 Å². The molecule has 0 aliphatic carbocycles. The van der Waals surface area contributed by atoms with Crippen LogP contribution in [0.1, 0.15) is 6.42 Å². The second-order valence-corrected chi connectivity index (χ2v) is 7.70. The van der Waals surface area contributed by atoms with Gasteiger partial charge >= 0.3 is 5.69 Å². The summed E-state index contributed by atoms with van der Waals surface area (Å²) >= 11 is 0. The molecule has 1 saturated heterocycles. The van der Waals surface area contributed by atoms with E-state index < -0.39 is 9.84 Å². The molecule has 2 aromatic heterocycles. The Morgan fingerprint density at radius 2 is 2.24 bits per heavy atom. The number of sulfone groups is 1. The second kappa shape index (κ2) is 5.27. The van der Waals surface area contributed by atoms with Gasteiger partial charge in [-0.25, -0.2) is 17.9 Å². The van der Waals surface area contributed by atoms with Crippen LogP contribution in [0.4, 0.5) is 0 Å². The third kappa shape index (κ3) is 2.86. The summed E-state index contributed by atoms with van der Waals surface area (Å²) < 4.78 is 25.9. The van der Waals surface area contributed by atoms with Gasteiger partial charge < -0.3 is 4.90 Å². The van der Waals surface area contributed by atoms with E-state index in [1.165, 1.54) is 9.08 Å². The van der Waals surface area contributed by atoms with Crippen molar-refractivity contribution in [2.45, 2.75) is 19.0 Å². The van der Waals surface area contributed by atoms with Crippen molar-refractivity contribution in [3.05, 3.63) is 34.9 Å². The van der Waals surface area contributed by atoms with Gasteiger partial charge in [-0.05, 0) is 25.6 Å². The van der Waals surface area contributed by atoms with Gasteiger partial charge in [0, 0.05) is 18.8 Å². The molecule has 3 heterocycles. The molecule has 1 atom stereocenters. The Morgan fingerprint density at radius 1 is 1.43 bits per heavy atom. The molecule has 8 heteroatoms. The van der Waals surface area contributed by atoms with Gasteiger partial charge in [-0.15, -0.1) is 5.10 Å². The normalized spacial score (nSPS) is 21.3. The fraction of sp³-hybridized carbons (Fsp3) is 0.538. The lowest BCUT2D eigenvalue weighted by atomic mass is 10.2. The standard InChI is InChI=1S/C13H18N4O3S/c1-15(11-5-9-21(19,20)10-11)7-8-17-13(18)16-6-3-2-4-12(16)14-17/h2-4,6,11H,5,7-10H2,1H3/t11-/m1/s1. The van der Waals surface area contributed by atoms with E-state index in [9.17, 15) is 13.2 Å². The molecule has 21 heavy (non-hydrogen) atoms. The molecule has 7 nitrogen and oxygen atoms in total. The van der Waals surface area contributed by atoms with Crippen LogP contribution in [0.3, 0.4) is 0 Å². The van der Waals surface area contributed by atoms with Crippen molar-refractivity contribution < 1.29 is 8.42 Å². The van der Waals surface area contributed by atoms with E-state index in [1.54, 1.807) is 18.3 Å². The first-order chi connectivity index (χ1) is 9.96. The van der Waals surface area contributed by atoms with E-state index in [2.05, 4.69) is 5.10 Å². The van der Waals surface area contributed by atoms with Gasteiger partial charge in [0.05, 0.1) is 18.1 Å². The van der Waals surface area contributed by atoms with Crippen molar-refractivity contribution in [3.8, 4) is 0 Å². The molecule has 0 bridgehead atoms. The fourth-order valence-electron chi connectivity index (χ4n) is 2.67. The molecule has 2 aromatic rings. The minimum Gasteiger partial charge on any atom is -0.301 e. The van der Waals surface area contributed by atoms with E-state index in [0.29, 0.717) is 25.2 Å². The zero-order valence-corrected chi connectivity index (χ0v) is 12.7. The largest absolute Gasteiger partial charge is 0.350 e. The van der Waals surface area contributed by atoms with Crippen molar-refractivity contribution in [1.82, 2.24) is 19.1 Å². The molecule has 0 saturated carbocycles. The van der Waals surface area contributed by atoms with Gasteiger partial charge in [0.15, 0.2) is 15.5 Å². The Bertz CT molecular complexity index is 808. The summed E-state index contributed by atoms with van der Waals surface area (Å²) in [6.45, 7) is 1.05. The Kier molecular flexibility index (Phi) is 3.58. The average Bonchev–Trinajstić information content (AvgIpc) is 2.97. The smallest absolute Gasteiger partial charge is 0.301 e. The molecular formula is C13H18N4O3S. The predicted molar refractivity (Wildman–Crippen MR) is 79.1 cm³/mol. The molecule has 0 radical (unpaired) electrons. The first-order valence-electron chi connectivity index (χ1n) is 6.91. The third-order valence-corrected chi connectivity index (χ3v) is 5.74. The van der Waals surface area contributed by atoms with E-state index in [4.69, 9.17) is 0 Å². The fourth-order valence-corrected chi connectivity index (χ4v) is 4.48. The van der Waals surface area contributed by atoms with Crippen LogP contribution in [0, 0.1) is 0 Å². The van der Waals surface area contributed by atoms with Crippen LogP contribution >= 0.6 is 0 Å². The van der Waals surface area contributed by atoms with Crippen LogP contribution in [0.25, 0.3) is 5.65 Å². The molecule has 1 aliphatic heterocycles. The summed E-state index contributed by atoms with van der Waals surface area (Å²) in [4.78, 5) is 14.1. The lowest BCUT2D eigenvalue weighted by Crippen LogP contribution is -2.36. The summed E-state index contributed by atoms with van der Waals surface area (Å²) in [5, 5.41) is 4.26. The van der Waals surface area contributed by atoms with Crippen molar-refractivity contribution in [2.75, 3.05) is 25.1 Å². The first kappa shape index (κ1) is 14.3. The number of pyridine rings is 1. The molecule has 0 amide bonds. The Hall–Kier alpha value is -1.67. The molecule has 3 rings (SSSR count). The van der Waals surface area contributed by atoms with E-state index in [1.807, 2.05) is 18.0 Å². The zero-order chi connectivity index (χ0) is 15.0. The minimum absolute atomic E-state index is 0.0442. The highest BCUT2D eigenvalue weighted by molar-refractivity contribution is 7.91. The molecule has 0 spiro atoms. The first-order valence-corrected chi connectivity index (χ1v) is 8.73. The average molecular weight is 310 g/mol. The van der Waals surface area contributed by atoms with Gasteiger partial charge in [0.2, 0.25) is 0 Å². The maximum atomic E-state index is 12.1. The van der Waals surface area contributed by atoms with Gasteiger partial charge in [-0.2, -0.15) is 0 Å². The Balaban J connectivity index is 1.69. The summed E-state index contributed by atoms with van der Waals surface area (Å²) in [5.41, 5.74) is 0.451. The lowest BCUT2D eigenvalue weighted by molar-refractivity contribution is 0.247. The van der Waals surface area contributed by atoms with E-state index in [-0.39, 0.29) is 23.2 Å². The number of aromatic nitrogens is 3. The van der Waals surface area contributed by atoms with Crippen LogP contribution in [0.5, 0.6) is 0 Å². The molecule has 0 N–H and O–H groups in total. The highest BCUT2D eigenvalue weighted by Crippen LogP contribution is 2.16. The Labute approximate surface area is 122 Å². The molecule has 0 unspecified atom stereocenters. The highest BCUT2D eigenvalue weighted by atomic mass is 32.2. The van der Waals surface area contributed by atoms with Crippen LogP contribution in [0.2, 0.25) is 0 Å². The van der Waals surface area contributed by atoms with Gasteiger partial charge in [0.25, 0.3) is 0 Å². The molecular weight excluding hydrogens is 292 g/mol. The summed E-state index contributed by atoms with van der Waals surface area (Å²) in [5.74, 6) is 0.472. The zero-order valence-electron chi connectivity index (χ0n) is 11.8. The monoisotopic (exact) mass is 310 g/mol. The molecule has 1 fully saturated rings. The van der Waals surface area contributed by atoms with Crippen LogP contribution < -0.4 is 5.69 Å². The van der Waals surface area contributed by atoms with Gasteiger partial charge in [0.1, 0.15) is 0 Å². The molecule has 114 valence electrons. The number of fused-ring (bicyclic) bond motifs is 1. The molecule has 1 aliphatic rings. The maximum absolute atomic E-state index is 12.1. The third-order valence-electron chi connectivity index (χ3n) is 3.98. The summed E-state index contributed by atoms with van der Waals surface area (Å²) in [6.07, 6.45) is 2.35. The second-order valence-electron chi connectivity index (χ2n) is 5.47. The summed E-state index contributed by atoms with van der Waals surface area (Å²) in [7, 11) is -0.987. The van der Waals surface area contributed by atoms with Crippen molar-refractivity contribution in [2.24, 2.45) is 0 Å². The number of hydrogen-bond acceptors (Lipinski definition) is 5. The lowest BCUT2D eigenvalue weighted by Gasteiger charge is -2.22. The van der Waals surface area contributed by atoms with Crippen LogP contribution in [-0.4, -0.2) is 58.6 Å². The van der Waals surface area contributed by atoms with Gasteiger partial charge in [-0.3, -0.25) is 4.40 Å². The van der Waals surface area contributed by atoms with Gasteiger partial charge in [-0.1, -0.05) is 6.07 Å². The number of rotatable bonds is 4. The molecule has 0 aromatic carbocycles. The van der Waals surface area contributed by atoms with Crippen molar-refractivity contribution >= 4 is 15.5 Å². The van der Waals surface area contributed by atoms with Crippen molar-refractivity contribution in [3.63, 3.8) is 0 Å². The maximum Gasteiger partial charge on any atom is 0.350 e. The predicted octanol–water partition coefficient (Wildman–Crippen LogP) is -0.385. The number of likely N-dealkylation sites (N-methyl/N-ethyl adjacent to an activating group) is 1. The topological polar surface area (TPSA) is 76.7 Å². The van der Waals surface area contributed by atoms with Crippen molar-refractivity contribution in [1.29, 1.82) is 0 Å². The number of nitrogens with zero attached hydrogens (tertiary/aromatic N) is 4. The van der Waals surface area contributed by atoms with E-state index in [0.717, 1.165) is 0 Å². The minimum atomic E-state index is -2.88.